The third kappa shape index (κ3) is 7.41. The second-order valence-corrected chi connectivity index (χ2v) is 13.6. The van der Waals surface area contributed by atoms with Crippen molar-refractivity contribution >= 4 is 51.1 Å². The Morgan fingerprint density at radius 3 is 2.35 bits per heavy atom. The first kappa shape index (κ1) is 32.2. The molecule has 0 aliphatic carbocycles. The lowest BCUT2D eigenvalue weighted by Gasteiger charge is -2.51. The van der Waals surface area contributed by atoms with Crippen molar-refractivity contribution in [2.75, 3.05) is 6.61 Å². The van der Waals surface area contributed by atoms with Gasteiger partial charge in [0, 0.05) is 11.5 Å². The molecule has 0 bridgehead atoms. The standard InChI is InChI=1S/C25H34Cl3NO10S/c1-5-16-19(39-40(31,32)33)12(2)13(3)22(36-16)38-21-18(29-24(30)25(26,27)28)14(4)35-17-11-34-23(37-20(17)21)15-9-7-6-8-10-15/h6-10,12-14,16-23H,5,11H2,1-4H3,(H,29,30)(H,31,32,33)/p-1. The minimum atomic E-state index is -4.97. The van der Waals surface area contributed by atoms with E-state index in [0.717, 1.165) is 5.56 Å². The van der Waals surface area contributed by atoms with Crippen molar-refractivity contribution in [1.29, 1.82) is 0 Å². The van der Waals surface area contributed by atoms with Crippen molar-refractivity contribution < 1.29 is 45.6 Å². The van der Waals surface area contributed by atoms with Crippen LogP contribution >= 0.6 is 34.8 Å². The Kier molecular flexibility index (Phi) is 10.3. The Hall–Kier alpha value is -0.770. The molecular weight excluding hydrogens is 613 g/mol. The number of carbonyl (C=O) groups excluding carboxylic acids is 1. The van der Waals surface area contributed by atoms with Crippen LogP contribution in [0.1, 0.15) is 46.0 Å². The van der Waals surface area contributed by atoms with Crippen LogP contribution in [-0.2, 0) is 43.1 Å². The highest BCUT2D eigenvalue weighted by molar-refractivity contribution is 7.80. The molecule has 3 saturated heterocycles. The second kappa shape index (κ2) is 12.8. The lowest BCUT2D eigenvalue weighted by atomic mass is 9.83. The number of benzene rings is 1. The van der Waals surface area contributed by atoms with Crippen molar-refractivity contribution in [1.82, 2.24) is 5.32 Å². The summed E-state index contributed by atoms with van der Waals surface area (Å²) in [7, 11) is -4.97. The maximum Gasteiger partial charge on any atom is 0.272 e. The summed E-state index contributed by atoms with van der Waals surface area (Å²) in [5, 5.41) is 2.72. The summed E-state index contributed by atoms with van der Waals surface area (Å²) >= 11 is 17.6. The summed E-state index contributed by atoms with van der Waals surface area (Å²) < 4.78 is 68.0. The zero-order valence-electron chi connectivity index (χ0n) is 22.3. The summed E-state index contributed by atoms with van der Waals surface area (Å²) in [5.74, 6) is -1.74. The SMILES string of the molecule is CCC1OC(OC2C(NC(=O)C(Cl)(Cl)Cl)C(C)OC3COC(c4ccccc4)OC32)C(C)C(C)C1OS(=O)(=O)[O-]. The van der Waals surface area contributed by atoms with Crippen molar-refractivity contribution in [3.63, 3.8) is 0 Å². The van der Waals surface area contributed by atoms with Crippen LogP contribution in [0.15, 0.2) is 30.3 Å². The summed E-state index contributed by atoms with van der Waals surface area (Å²) in [5.41, 5.74) is 0.779. The van der Waals surface area contributed by atoms with Gasteiger partial charge < -0.3 is 33.6 Å². The quantitative estimate of drug-likeness (QED) is 0.266. The number of halogens is 3. The predicted octanol–water partition coefficient (Wildman–Crippen LogP) is 3.38. The molecule has 40 heavy (non-hydrogen) atoms. The number of hydrogen-bond acceptors (Lipinski definition) is 10. The molecule has 0 saturated carbocycles. The molecule has 1 aromatic rings. The van der Waals surface area contributed by atoms with E-state index < -0.39 is 87.2 Å². The van der Waals surface area contributed by atoms with Crippen molar-refractivity contribution in [3.8, 4) is 0 Å². The van der Waals surface area contributed by atoms with E-state index in [4.69, 9.17) is 62.7 Å². The van der Waals surface area contributed by atoms with Crippen LogP contribution in [0.25, 0.3) is 0 Å². The summed E-state index contributed by atoms with van der Waals surface area (Å²) in [6.07, 6.45) is -5.79. The molecule has 11 atom stereocenters. The molecular formula is C25H33Cl3NO10S-. The van der Waals surface area contributed by atoms with Gasteiger partial charge >= 0.3 is 0 Å². The van der Waals surface area contributed by atoms with Crippen LogP contribution in [-0.4, -0.2) is 78.2 Å². The highest BCUT2D eigenvalue weighted by atomic mass is 35.6. The number of amides is 1. The Labute approximate surface area is 248 Å². The van der Waals surface area contributed by atoms with Gasteiger partial charge in [0.25, 0.3) is 9.70 Å². The Balaban J connectivity index is 1.63. The minimum absolute atomic E-state index is 0.186. The molecule has 1 N–H and O–H groups in total. The van der Waals surface area contributed by atoms with E-state index in [1.807, 2.05) is 30.3 Å². The first-order chi connectivity index (χ1) is 18.7. The first-order valence-electron chi connectivity index (χ1n) is 13.0. The number of fused-ring (bicyclic) bond motifs is 1. The molecule has 3 aliphatic heterocycles. The number of ether oxygens (including phenoxy) is 5. The molecule has 3 aliphatic rings. The normalized spacial score (nSPS) is 38.9. The van der Waals surface area contributed by atoms with Crippen molar-refractivity contribution in [2.24, 2.45) is 11.8 Å². The molecule has 1 amide bonds. The van der Waals surface area contributed by atoms with Crippen LogP contribution in [0.5, 0.6) is 0 Å². The highest BCUT2D eigenvalue weighted by Crippen LogP contribution is 2.40. The van der Waals surface area contributed by atoms with Crippen molar-refractivity contribution in [2.45, 2.75) is 93.2 Å². The number of nitrogens with one attached hydrogen (secondary N) is 1. The summed E-state index contributed by atoms with van der Waals surface area (Å²) in [6, 6.07) is 8.47. The fraction of sp³-hybridized carbons (Fsp3) is 0.720. The third-order valence-corrected chi connectivity index (χ3v) is 8.61. The Morgan fingerprint density at radius 2 is 1.75 bits per heavy atom. The van der Waals surface area contributed by atoms with Gasteiger partial charge in [0.15, 0.2) is 12.6 Å². The first-order valence-corrected chi connectivity index (χ1v) is 15.5. The highest BCUT2D eigenvalue weighted by Gasteiger charge is 2.53. The lowest BCUT2D eigenvalue weighted by Crippen LogP contribution is -2.68. The largest absolute Gasteiger partial charge is 0.726 e. The molecule has 15 heteroatoms. The van der Waals surface area contributed by atoms with Gasteiger partial charge in [-0.2, -0.15) is 0 Å². The Morgan fingerprint density at radius 1 is 1.07 bits per heavy atom. The molecule has 3 fully saturated rings. The van der Waals surface area contributed by atoms with E-state index in [9.17, 15) is 17.8 Å². The van der Waals surface area contributed by atoms with Gasteiger partial charge in [-0.1, -0.05) is 85.9 Å². The number of hydrogen-bond donors (Lipinski definition) is 1. The average Bonchev–Trinajstić information content (AvgIpc) is 2.89. The maximum absolute atomic E-state index is 12.7. The van der Waals surface area contributed by atoms with E-state index in [1.165, 1.54) is 0 Å². The molecule has 226 valence electrons. The predicted molar refractivity (Wildman–Crippen MR) is 143 cm³/mol. The van der Waals surface area contributed by atoms with Crippen LogP contribution < -0.4 is 5.32 Å². The molecule has 0 aromatic heterocycles. The average molecular weight is 646 g/mol. The minimum Gasteiger partial charge on any atom is -0.726 e. The van der Waals surface area contributed by atoms with E-state index in [2.05, 4.69) is 5.32 Å². The molecule has 0 radical (unpaired) electrons. The summed E-state index contributed by atoms with van der Waals surface area (Å²) in [6.45, 7) is 7.26. The van der Waals surface area contributed by atoms with E-state index in [0.29, 0.717) is 6.42 Å². The number of carbonyl (C=O) groups is 1. The third-order valence-electron chi connectivity index (χ3n) is 7.63. The van der Waals surface area contributed by atoms with Crippen LogP contribution in [0.2, 0.25) is 0 Å². The number of alkyl halides is 3. The van der Waals surface area contributed by atoms with Gasteiger partial charge in [-0.05, 0) is 19.3 Å². The van der Waals surface area contributed by atoms with E-state index in [-0.39, 0.29) is 6.61 Å². The van der Waals surface area contributed by atoms with Gasteiger partial charge in [0.2, 0.25) is 10.4 Å². The van der Waals surface area contributed by atoms with Gasteiger partial charge in [-0.15, -0.1) is 0 Å². The van der Waals surface area contributed by atoms with Crippen LogP contribution in [0.4, 0.5) is 0 Å². The van der Waals surface area contributed by atoms with Gasteiger partial charge in [0.05, 0.1) is 24.9 Å². The smallest absolute Gasteiger partial charge is 0.272 e. The molecule has 3 heterocycles. The van der Waals surface area contributed by atoms with E-state index in [1.54, 1.807) is 27.7 Å². The van der Waals surface area contributed by atoms with Crippen LogP contribution in [0, 0.1) is 11.8 Å². The topological polar surface area (TPSA) is 142 Å². The van der Waals surface area contributed by atoms with E-state index >= 15 is 0 Å². The van der Waals surface area contributed by atoms with Crippen LogP contribution in [0.3, 0.4) is 0 Å². The molecule has 4 rings (SSSR count). The fourth-order valence-corrected chi connectivity index (χ4v) is 6.08. The lowest BCUT2D eigenvalue weighted by molar-refractivity contribution is -0.349. The zero-order valence-corrected chi connectivity index (χ0v) is 25.4. The molecule has 0 spiro atoms. The second-order valence-electron chi connectivity index (χ2n) is 10.3. The van der Waals surface area contributed by atoms with Gasteiger partial charge in [-0.3, -0.25) is 8.98 Å². The van der Waals surface area contributed by atoms with Gasteiger partial charge in [-0.25, -0.2) is 8.42 Å². The molecule has 11 nitrogen and oxygen atoms in total. The molecule has 1 aromatic carbocycles. The molecule has 11 unspecified atom stereocenters. The van der Waals surface area contributed by atoms with Gasteiger partial charge in [0.1, 0.15) is 24.4 Å². The maximum atomic E-state index is 12.7. The monoisotopic (exact) mass is 644 g/mol. The van der Waals surface area contributed by atoms with Crippen molar-refractivity contribution in [3.05, 3.63) is 35.9 Å². The zero-order chi connectivity index (χ0) is 29.4. The fourth-order valence-electron chi connectivity index (χ4n) is 5.35. The Bertz CT molecular complexity index is 1120. The summed E-state index contributed by atoms with van der Waals surface area (Å²) in [4.78, 5) is 12.7. The number of rotatable bonds is 7.